The summed E-state index contributed by atoms with van der Waals surface area (Å²) in [7, 11) is 0. The van der Waals surface area contributed by atoms with E-state index in [2.05, 4.69) is 25.6 Å². The highest BCUT2D eigenvalue weighted by Gasteiger charge is 2.26. The van der Waals surface area contributed by atoms with Crippen LogP contribution in [0.25, 0.3) is 22.3 Å². The van der Waals surface area contributed by atoms with Gasteiger partial charge in [0.05, 0.1) is 17.7 Å². The minimum absolute atomic E-state index is 0.134. The molecule has 3 aromatic rings. The second-order valence-electron chi connectivity index (χ2n) is 8.92. The zero-order valence-corrected chi connectivity index (χ0v) is 18.4. The van der Waals surface area contributed by atoms with E-state index in [1.54, 1.807) is 13.0 Å². The predicted octanol–water partition coefficient (Wildman–Crippen LogP) is 3.65. The van der Waals surface area contributed by atoms with Crippen LogP contribution in [0.2, 0.25) is 0 Å². The molecular weight excluding hydrogens is 409 g/mol. The fourth-order valence-corrected chi connectivity index (χ4v) is 4.29. The van der Waals surface area contributed by atoms with Gasteiger partial charge in [-0.15, -0.1) is 0 Å². The first-order valence-corrected chi connectivity index (χ1v) is 11.3. The van der Waals surface area contributed by atoms with Crippen molar-refractivity contribution >= 4 is 16.9 Å². The molecule has 32 heavy (non-hydrogen) atoms. The van der Waals surface area contributed by atoms with Gasteiger partial charge in [0.1, 0.15) is 29.1 Å². The molecule has 3 N–H and O–H groups in total. The van der Waals surface area contributed by atoms with Gasteiger partial charge in [-0.25, -0.2) is 14.4 Å². The zero-order chi connectivity index (χ0) is 22.2. The van der Waals surface area contributed by atoms with Crippen molar-refractivity contribution in [1.29, 1.82) is 0 Å². The number of H-pyrrole nitrogens is 1. The van der Waals surface area contributed by atoms with Crippen molar-refractivity contribution in [3.05, 3.63) is 41.1 Å². The normalized spacial score (nSPS) is 17.0. The minimum atomic E-state index is -0.311. The van der Waals surface area contributed by atoms with Crippen LogP contribution in [0, 0.1) is 25.6 Å². The van der Waals surface area contributed by atoms with Crippen molar-refractivity contribution in [2.45, 2.75) is 45.6 Å². The summed E-state index contributed by atoms with van der Waals surface area (Å²) in [4.78, 5) is 25.3. The second kappa shape index (κ2) is 8.50. The fourth-order valence-electron chi connectivity index (χ4n) is 4.29. The Morgan fingerprint density at radius 3 is 2.72 bits per heavy atom. The number of ether oxygens (including phenoxy) is 1. The van der Waals surface area contributed by atoms with Crippen LogP contribution in [0.5, 0.6) is 5.75 Å². The van der Waals surface area contributed by atoms with Gasteiger partial charge in [0.2, 0.25) is 0 Å². The maximum atomic E-state index is 14.3. The zero-order valence-electron chi connectivity index (χ0n) is 18.4. The molecule has 2 aromatic heterocycles. The van der Waals surface area contributed by atoms with E-state index in [1.165, 1.54) is 12.4 Å². The molecule has 1 saturated carbocycles. The van der Waals surface area contributed by atoms with Crippen LogP contribution < -0.4 is 15.4 Å². The van der Waals surface area contributed by atoms with Crippen molar-refractivity contribution in [3.63, 3.8) is 0 Å². The molecule has 5 rings (SSSR count). The smallest absolute Gasteiger partial charge is 0.255 e. The SMILES string of the molecule is Cc1cc(-c2ncnc3c(C(=O)NC4CCNCC4)c(C)[nH]c23)c(OCC2CC2)cc1F. The number of aromatic amines is 1. The molecular formula is C24H28FN5O2. The highest BCUT2D eigenvalue weighted by atomic mass is 19.1. The number of halogens is 1. The molecule has 1 aromatic carbocycles. The summed E-state index contributed by atoms with van der Waals surface area (Å²) in [6.07, 6.45) is 5.56. The summed E-state index contributed by atoms with van der Waals surface area (Å²) >= 11 is 0. The number of aromatic nitrogens is 3. The fraction of sp³-hybridized carbons (Fsp3) is 0.458. The molecule has 8 heteroatoms. The number of carbonyl (C=O) groups excluding carboxylic acids is 1. The Kier molecular flexibility index (Phi) is 5.55. The van der Waals surface area contributed by atoms with Gasteiger partial charge in [-0.1, -0.05) is 0 Å². The Labute approximate surface area is 186 Å². The molecule has 1 amide bonds. The highest BCUT2D eigenvalue weighted by Crippen LogP contribution is 2.37. The van der Waals surface area contributed by atoms with E-state index in [0.717, 1.165) is 44.5 Å². The summed E-state index contributed by atoms with van der Waals surface area (Å²) in [6, 6.07) is 3.34. The van der Waals surface area contributed by atoms with Gasteiger partial charge in [-0.05, 0) is 70.2 Å². The van der Waals surface area contributed by atoms with Crippen molar-refractivity contribution in [1.82, 2.24) is 25.6 Å². The standard InChI is InChI=1S/C24H28FN5O2/c1-13-9-17(19(10-18(13)25)32-11-15-3-4-15)21-23-22(28-12-27-21)20(14(2)29-23)24(31)30-16-5-7-26-8-6-16/h9-10,12,15-16,26,29H,3-8,11H2,1-2H3,(H,30,31). The molecule has 2 aliphatic rings. The van der Waals surface area contributed by atoms with Crippen LogP contribution in [0.4, 0.5) is 4.39 Å². The first kappa shape index (κ1) is 20.9. The average Bonchev–Trinajstić information content (AvgIpc) is 3.54. The molecule has 0 radical (unpaired) electrons. The molecule has 1 saturated heterocycles. The number of amides is 1. The lowest BCUT2D eigenvalue weighted by molar-refractivity contribution is 0.0930. The minimum Gasteiger partial charge on any atom is -0.492 e. The first-order valence-electron chi connectivity index (χ1n) is 11.3. The number of hydrogen-bond acceptors (Lipinski definition) is 5. The number of carbonyl (C=O) groups is 1. The number of nitrogens with zero attached hydrogens (tertiary/aromatic N) is 2. The van der Waals surface area contributed by atoms with Crippen LogP contribution in [-0.2, 0) is 0 Å². The number of hydrogen-bond donors (Lipinski definition) is 3. The monoisotopic (exact) mass is 437 g/mol. The largest absolute Gasteiger partial charge is 0.492 e. The Morgan fingerprint density at radius 2 is 1.97 bits per heavy atom. The van der Waals surface area contributed by atoms with Crippen molar-refractivity contribution < 1.29 is 13.9 Å². The summed E-state index contributed by atoms with van der Waals surface area (Å²) in [6.45, 7) is 5.95. The molecule has 168 valence electrons. The topological polar surface area (TPSA) is 91.9 Å². The van der Waals surface area contributed by atoms with E-state index in [0.29, 0.717) is 51.7 Å². The third-order valence-electron chi connectivity index (χ3n) is 6.36. The van der Waals surface area contributed by atoms with Gasteiger partial charge in [0.15, 0.2) is 0 Å². The molecule has 2 fully saturated rings. The highest BCUT2D eigenvalue weighted by molar-refractivity contribution is 6.09. The average molecular weight is 438 g/mol. The van der Waals surface area contributed by atoms with E-state index in [9.17, 15) is 9.18 Å². The van der Waals surface area contributed by atoms with Crippen LogP contribution in [0.3, 0.4) is 0 Å². The number of rotatable bonds is 6. The third-order valence-corrected chi connectivity index (χ3v) is 6.36. The lowest BCUT2D eigenvalue weighted by Crippen LogP contribution is -2.42. The first-order chi connectivity index (χ1) is 15.5. The van der Waals surface area contributed by atoms with E-state index in [1.807, 2.05) is 6.92 Å². The van der Waals surface area contributed by atoms with Crippen LogP contribution in [0.1, 0.15) is 47.3 Å². The Morgan fingerprint density at radius 1 is 1.19 bits per heavy atom. The third kappa shape index (κ3) is 4.07. The van der Waals surface area contributed by atoms with Gasteiger partial charge in [-0.3, -0.25) is 4.79 Å². The lowest BCUT2D eigenvalue weighted by Gasteiger charge is -2.23. The summed E-state index contributed by atoms with van der Waals surface area (Å²) < 4.78 is 20.3. The van der Waals surface area contributed by atoms with Crippen molar-refractivity contribution in [2.75, 3.05) is 19.7 Å². The lowest BCUT2D eigenvalue weighted by atomic mass is 10.0. The number of fused-ring (bicyclic) bond motifs is 1. The molecule has 0 bridgehead atoms. The van der Waals surface area contributed by atoms with E-state index >= 15 is 0 Å². The molecule has 7 nitrogen and oxygen atoms in total. The number of piperidine rings is 1. The molecule has 3 heterocycles. The second-order valence-corrected chi connectivity index (χ2v) is 8.92. The van der Waals surface area contributed by atoms with E-state index in [4.69, 9.17) is 4.74 Å². The molecule has 0 spiro atoms. The Balaban J connectivity index is 1.54. The van der Waals surface area contributed by atoms with Crippen molar-refractivity contribution in [2.24, 2.45) is 5.92 Å². The molecule has 0 atom stereocenters. The van der Waals surface area contributed by atoms with E-state index < -0.39 is 0 Å². The van der Waals surface area contributed by atoms with Gasteiger partial charge < -0.3 is 20.4 Å². The van der Waals surface area contributed by atoms with Crippen LogP contribution in [0.15, 0.2) is 18.5 Å². The summed E-state index contributed by atoms with van der Waals surface area (Å²) in [5, 5.41) is 6.46. The van der Waals surface area contributed by atoms with E-state index in [-0.39, 0.29) is 17.8 Å². The molecule has 0 unspecified atom stereocenters. The number of aryl methyl sites for hydroxylation is 2. The Bertz CT molecular complexity index is 1160. The maximum absolute atomic E-state index is 14.3. The predicted molar refractivity (Wildman–Crippen MR) is 120 cm³/mol. The number of benzene rings is 1. The van der Waals surface area contributed by atoms with Crippen LogP contribution in [-0.4, -0.2) is 46.6 Å². The molecule has 1 aliphatic carbocycles. The molecule has 1 aliphatic heterocycles. The maximum Gasteiger partial charge on any atom is 0.255 e. The Hall–Kier alpha value is -3.00. The number of nitrogens with one attached hydrogen (secondary N) is 3. The summed E-state index contributed by atoms with van der Waals surface area (Å²) in [5.74, 6) is 0.559. The summed E-state index contributed by atoms with van der Waals surface area (Å²) in [5.41, 5.74) is 4.29. The van der Waals surface area contributed by atoms with Crippen molar-refractivity contribution in [3.8, 4) is 17.0 Å². The van der Waals surface area contributed by atoms with Gasteiger partial charge in [0.25, 0.3) is 5.91 Å². The van der Waals surface area contributed by atoms with Gasteiger partial charge in [-0.2, -0.15) is 0 Å². The van der Waals surface area contributed by atoms with Gasteiger partial charge in [0, 0.05) is 23.4 Å². The quantitative estimate of drug-likeness (QED) is 0.548. The van der Waals surface area contributed by atoms with Crippen LogP contribution >= 0.6 is 0 Å². The van der Waals surface area contributed by atoms with Gasteiger partial charge >= 0.3 is 0 Å².